The number of halogens is 3. The summed E-state index contributed by atoms with van der Waals surface area (Å²) in [5.41, 5.74) is -0.118. The van der Waals surface area contributed by atoms with E-state index >= 15 is 0 Å². The summed E-state index contributed by atoms with van der Waals surface area (Å²) in [6.45, 7) is 20.9. The average molecular weight is 585 g/mol. The van der Waals surface area contributed by atoms with Crippen LogP contribution in [0.1, 0.15) is 99.1 Å². The summed E-state index contributed by atoms with van der Waals surface area (Å²) in [5.74, 6) is -0.161. The van der Waals surface area contributed by atoms with E-state index in [1.807, 2.05) is 57.2 Å². The quantitative estimate of drug-likeness (QED) is 0.235. The molecule has 2 rings (SSSR count). The van der Waals surface area contributed by atoms with Crippen molar-refractivity contribution in [1.29, 1.82) is 0 Å². The number of alkyl halides is 3. The van der Waals surface area contributed by atoms with E-state index in [9.17, 15) is 28.5 Å². The third-order valence-electron chi connectivity index (χ3n) is 6.51. The van der Waals surface area contributed by atoms with Crippen molar-refractivity contribution < 1.29 is 33.6 Å². The summed E-state index contributed by atoms with van der Waals surface area (Å²) in [6.07, 6.45) is -3.37. The Hall–Kier alpha value is -2.19. The van der Waals surface area contributed by atoms with Gasteiger partial charge in [0.15, 0.2) is 0 Å². The summed E-state index contributed by atoms with van der Waals surface area (Å²) in [7, 11) is 0. The Balaban J connectivity index is 0. The molecule has 0 aliphatic carbocycles. The highest BCUT2D eigenvalue weighted by Crippen LogP contribution is 2.34. The van der Waals surface area contributed by atoms with E-state index in [0.717, 1.165) is 11.1 Å². The van der Waals surface area contributed by atoms with E-state index in [2.05, 4.69) is 30.8 Å². The van der Waals surface area contributed by atoms with Crippen LogP contribution in [0.3, 0.4) is 0 Å². The first-order valence-corrected chi connectivity index (χ1v) is 14.1. The van der Waals surface area contributed by atoms with Crippen LogP contribution < -0.4 is 0 Å². The number of aliphatic hydroxyl groups is 4. The second kappa shape index (κ2) is 18.4. The van der Waals surface area contributed by atoms with Crippen molar-refractivity contribution in [1.82, 2.24) is 0 Å². The molecule has 0 saturated heterocycles. The highest BCUT2D eigenvalue weighted by molar-refractivity contribution is 5.35. The van der Waals surface area contributed by atoms with E-state index in [0.29, 0.717) is 0 Å². The monoisotopic (exact) mass is 584 g/mol. The zero-order valence-electron chi connectivity index (χ0n) is 26.7. The minimum absolute atomic E-state index is 0.00454. The van der Waals surface area contributed by atoms with Crippen LogP contribution in [0.2, 0.25) is 0 Å². The van der Waals surface area contributed by atoms with Crippen LogP contribution in [0.4, 0.5) is 13.2 Å². The summed E-state index contributed by atoms with van der Waals surface area (Å²) in [6, 6.07) is 20.3. The van der Waals surface area contributed by atoms with Gasteiger partial charge in [-0.3, -0.25) is 0 Å². The molecule has 0 aliphatic rings. The van der Waals surface area contributed by atoms with E-state index in [4.69, 9.17) is 5.11 Å². The number of hydrogen-bond acceptors (Lipinski definition) is 4. The molecule has 0 radical (unpaired) electrons. The second-order valence-corrected chi connectivity index (χ2v) is 12.4. The highest BCUT2D eigenvalue weighted by atomic mass is 19.4. The summed E-state index contributed by atoms with van der Waals surface area (Å²) >= 11 is 0. The van der Waals surface area contributed by atoms with Crippen molar-refractivity contribution in [3.05, 3.63) is 84.4 Å². The first-order valence-electron chi connectivity index (χ1n) is 14.1. The molecule has 2 aromatic carbocycles. The Bertz CT molecular complexity index is 881. The van der Waals surface area contributed by atoms with Gasteiger partial charge < -0.3 is 20.4 Å². The van der Waals surface area contributed by atoms with Gasteiger partial charge in [0.1, 0.15) is 0 Å². The van der Waals surface area contributed by atoms with Crippen LogP contribution in [-0.4, -0.2) is 49.5 Å². The SMILES string of the molecule is C=CC(C)C(C)(C)O.CC(C)(O)C(c1ccccc1)c1ccccc1.CC(C)O.CC(CCC(F)(F)F)C(C)(C)O. The van der Waals surface area contributed by atoms with Crippen molar-refractivity contribution in [2.45, 2.75) is 117 Å². The molecule has 41 heavy (non-hydrogen) atoms. The van der Waals surface area contributed by atoms with Gasteiger partial charge in [0.05, 0.1) is 16.8 Å². The number of aliphatic hydroxyl groups excluding tert-OH is 1. The molecule has 2 atom stereocenters. The lowest BCUT2D eigenvalue weighted by Crippen LogP contribution is -2.29. The molecule has 0 saturated carbocycles. The van der Waals surface area contributed by atoms with Gasteiger partial charge in [0.2, 0.25) is 0 Å². The molecule has 236 valence electrons. The van der Waals surface area contributed by atoms with Crippen LogP contribution in [0, 0.1) is 11.8 Å². The van der Waals surface area contributed by atoms with E-state index in [-0.39, 0.29) is 30.3 Å². The molecule has 0 amide bonds. The Morgan fingerprint density at radius 3 is 1.22 bits per heavy atom. The van der Waals surface area contributed by atoms with Crippen LogP contribution in [-0.2, 0) is 0 Å². The molecule has 2 aromatic rings. The largest absolute Gasteiger partial charge is 0.394 e. The molecule has 0 aromatic heterocycles. The molecular weight excluding hydrogens is 529 g/mol. The van der Waals surface area contributed by atoms with Gasteiger partial charge >= 0.3 is 6.18 Å². The second-order valence-electron chi connectivity index (χ2n) is 12.4. The number of rotatable bonds is 8. The Labute approximate surface area is 247 Å². The smallest absolute Gasteiger partial charge is 0.389 e. The molecule has 7 heteroatoms. The van der Waals surface area contributed by atoms with Gasteiger partial charge in [-0.15, -0.1) is 6.58 Å². The van der Waals surface area contributed by atoms with Crippen molar-refractivity contribution in [2.75, 3.05) is 0 Å². The first kappa shape index (κ1) is 40.9. The van der Waals surface area contributed by atoms with Crippen LogP contribution in [0.25, 0.3) is 0 Å². The normalized spacial score (nSPS) is 13.5. The predicted octanol–water partition coefficient (Wildman–Crippen LogP) is 8.29. The zero-order chi connectivity index (χ0) is 32.7. The lowest BCUT2D eigenvalue weighted by Gasteiger charge is -2.30. The molecule has 0 fully saturated rings. The summed E-state index contributed by atoms with van der Waals surface area (Å²) < 4.78 is 35.2. The van der Waals surface area contributed by atoms with Gasteiger partial charge in [-0.1, -0.05) is 80.6 Å². The molecule has 2 unspecified atom stereocenters. The van der Waals surface area contributed by atoms with Crippen LogP contribution in [0.5, 0.6) is 0 Å². The Morgan fingerprint density at radius 1 is 0.683 bits per heavy atom. The van der Waals surface area contributed by atoms with Gasteiger partial charge in [-0.2, -0.15) is 13.2 Å². The van der Waals surface area contributed by atoms with Gasteiger partial charge in [0, 0.05) is 24.4 Å². The molecular formula is C34H55F3O4. The Kier molecular flexibility index (Phi) is 18.3. The maximum absolute atomic E-state index is 11.7. The fraction of sp³-hybridized carbons (Fsp3) is 0.588. The number of benzene rings is 2. The predicted molar refractivity (Wildman–Crippen MR) is 165 cm³/mol. The molecule has 0 spiro atoms. The third-order valence-corrected chi connectivity index (χ3v) is 6.51. The maximum Gasteiger partial charge on any atom is 0.389 e. The molecule has 4 N–H and O–H groups in total. The lowest BCUT2D eigenvalue weighted by molar-refractivity contribution is -0.141. The van der Waals surface area contributed by atoms with Gasteiger partial charge in [-0.05, 0) is 78.9 Å². The van der Waals surface area contributed by atoms with E-state index < -0.39 is 29.4 Å². The lowest BCUT2D eigenvalue weighted by atomic mass is 9.79. The summed E-state index contributed by atoms with van der Waals surface area (Å²) in [5, 5.41) is 37.0. The third kappa shape index (κ3) is 21.2. The van der Waals surface area contributed by atoms with Crippen molar-refractivity contribution in [3.8, 4) is 0 Å². The van der Waals surface area contributed by atoms with Crippen LogP contribution in [0.15, 0.2) is 73.3 Å². The number of hydrogen-bond donors (Lipinski definition) is 4. The van der Waals surface area contributed by atoms with E-state index in [1.165, 1.54) is 13.8 Å². The molecule has 4 nitrogen and oxygen atoms in total. The first-order chi connectivity index (χ1) is 18.4. The fourth-order valence-electron chi connectivity index (χ4n) is 3.32. The van der Waals surface area contributed by atoms with Crippen molar-refractivity contribution >= 4 is 0 Å². The summed E-state index contributed by atoms with van der Waals surface area (Å²) in [4.78, 5) is 0. The Morgan fingerprint density at radius 2 is 1.02 bits per heavy atom. The van der Waals surface area contributed by atoms with Crippen molar-refractivity contribution in [2.24, 2.45) is 11.8 Å². The van der Waals surface area contributed by atoms with E-state index in [1.54, 1.807) is 40.7 Å². The van der Waals surface area contributed by atoms with Crippen LogP contribution >= 0.6 is 0 Å². The molecule has 0 heterocycles. The molecule has 0 aliphatic heterocycles. The average Bonchev–Trinajstić information content (AvgIpc) is 2.81. The fourth-order valence-corrected chi connectivity index (χ4v) is 3.32. The van der Waals surface area contributed by atoms with Gasteiger partial charge in [0.25, 0.3) is 0 Å². The molecule has 0 bridgehead atoms. The minimum atomic E-state index is -4.11. The van der Waals surface area contributed by atoms with Gasteiger partial charge in [-0.25, -0.2) is 0 Å². The minimum Gasteiger partial charge on any atom is -0.394 e. The topological polar surface area (TPSA) is 80.9 Å². The standard InChI is InChI=1S/C16H18O.C8H15F3O.C7H14O.C3H8O/c1-16(2,17)15(13-9-5-3-6-10-13)14-11-7-4-8-12-14;1-6(7(2,3)12)4-5-8(9,10)11;1-5-6(2)7(3,4)8;1-3(2)4/h3-12,15,17H,1-2H3;6,12H,4-5H2,1-3H3;5-6,8H,1H2,2-4H3;3-4H,1-2H3. The van der Waals surface area contributed by atoms with Crippen molar-refractivity contribution in [3.63, 3.8) is 0 Å². The maximum atomic E-state index is 11.7. The highest BCUT2D eigenvalue weighted by Gasteiger charge is 2.31. The zero-order valence-corrected chi connectivity index (χ0v) is 26.7.